The summed E-state index contributed by atoms with van der Waals surface area (Å²) in [5, 5.41) is 7.16. The quantitative estimate of drug-likeness (QED) is 0.718. The van der Waals surface area contributed by atoms with E-state index in [4.69, 9.17) is 16.6 Å². The van der Waals surface area contributed by atoms with Gasteiger partial charge in [-0.25, -0.2) is 4.98 Å². The van der Waals surface area contributed by atoms with Crippen molar-refractivity contribution in [2.75, 3.05) is 7.05 Å². The van der Waals surface area contributed by atoms with Crippen molar-refractivity contribution in [2.24, 2.45) is 0 Å². The highest BCUT2D eigenvalue weighted by molar-refractivity contribution is 7.98. The van der Waals surface area contributed by atoms with Crippen LogP contribution in [-0.4, -0.2) is 16.4 Å². The van der Waals surface area contributed by atoms with E-state index in [1.54, 1.807) is 23.1 Å². The molecule has 0 radical (unpaired) electrons. The van der Waals surface area contributed by atoms with Crippen LogP contribution < -0.4 is 5.32 Å². The number of hydrogen-bond acceptors (Lipinski definition) is 4. The van der Waals surface area contributed by atoms with Crippen molar-refractivity contribution in [3.8, 4) is 0 Å². The Morgan fingerprint density at radius 1 is 1.40 bits per heavy atom. The third-order valence-electron chi connectivity index (χ3n) is 2.99. The van der Waals surface area contributed by atoms with E-state index < -0.39 is 0 Å². The summed E-state index contributed by atoms with van der Waals surface area (Å²) >= 11 is 9.59. The van der Waals surface area contributed by atoms with E-state index >= 15 is 0 Å². The van der Waals surface area contributed by atoms with Gasteiger partial charge in [0.25, 0.3) is 0 Å². The summed E-state index contributed by atoms with van der Waals surface area (Å²) in [7, 11) is 1.95. The lowest BCUT2D eigenvalue weighted by Gasteiger charge is -2.05. The lowest BCUT2D eigenvalue weighted by atomic mass is 10.2. The maximum atomic E-state index is 6.20. The van der Waals surface area contributed by atoms with Crippen LogP contribution >= 0.6 is 34.7 Å². The van der Waals surface area contributed by atoms with Gasteiger partial charge in [-0.3, -0.25) is 4.40 Å². The van der Waals surface area contributed by atoms with Gasteiger partial charge in [-0.1, -0.05) is 41.6 Å². The maximum absolute atomic E-state index is 6.20. The molecule has 3 aromatic rings. The molecule has 20 heavy (non-hydrogen) atoms. The molecule has 0 aliphatic carbocycles. The topological polar surface area (TPSA) is 29.3 Å². The third-order valence-corrected chi connectivity index (χ3v) is 5.17. The predicted molar refractivity (Wildman–Crippen MR) is 86.8 cm³/mol. The van der Waals surface area contributed by atoms with E-state index in [1.807, 2.05) is 25.2 Å². The number of hydrogen-bond donors (Lipinski definition) is 1. The number of imidazole rings is 1. The van der Waals surface area contributed by atoms with E-state index in [0.29, 0.717) is 0 Å². The number of benzene rings is 1. The number of nitrogens with zero attached hydrogens (tertiary/aromatic N) is 2. The van der Waals surface area contributed by atoms with Gasteiger partial charge in [0, 0.05) is 28.9 Å². The Hall–Kier alpha value is -1.01. The van der Waals surface area contributed by atoms with Gasteiger partial charge in [-0.2, -0.15) is 0 Å². The summed E-state index contributed by atoms with van der Waals surface area (Å²) < 4.78 is 2.15. The van der Waals surface area contributed by atoms with Gasteiger partial charge in [-0.15, -0.1) is 11.3 Å². The Bertz CT molecular complexity index is 720. The maximum Gasteiger partial charge on any atom is 0.194 e. The van der Waals surface area contributed by atoms with E-state index in [-0.39, 0.29) is 0 Å². The molecule has 3 nitrogen and oxygen atoms in total. The van der Waals surface area contributed by atoms with Crippen molar-refractivity contribution in [1.29, 1.82) is 0 Å². The smallest absolute Gasteiger partial charge is 0.194 e. The van der Waals surface area contributed by atoms with Gasteiger partial charge in [0.05, 0.1) is 5.69 Å². The van der Waals surface area contributed by atoms with Gasteiger partial charge in [0.15, 0.2) is 4.96 Å². The van der Waals surface area contributed by atoms with Crippen LogP contribution in [-0.2, 0) is 12.3 Å². The molecule has 0 aliphatic heterocycles. The Kier molecular flexibility index (Phi) is 4.31. The van der Waals surface area contributed by atoms with Gasteiger partial charge < -0.3 is 5.32 Å². The number of thiazole rings is 1. The summed E-state index contributed by atoms with van der Waals surface area (Å²) in [5.41, 5.74) is 2.35. The second-order valence-electron chi connectivity index (χ2n) is 4.33. The van der Waals surface area contributed by atoms with E-state index in [0.717, 1.165) is 32.9 Å². The molecular formula is C14H14ClN3S2. The second-order valence-corrected chi connectivity index (χ2v) is 6.57. The molecule has 2 heterocycles. The summed E-state index contributed by atoms with van der Waals surface area (Å²) in [6, 6.07) is 7.96. The van der Waals surface area contributed by atoms with Crippen LogP contribution in [0.3, 0.4) is 0 Å². The van der Waals surface area contributed by atoms with E-state index in [9.17, 15) is 0 Å². The molecule has 0 fully saturated rings. The standard InChI is InChI=1S/C14H14ClN3S2/c1-16-8-12-13(17-14-18(12)6-7-19-14)20-9-10-4-2-3-5-11(10)15/h2-7,16H,8-9H2,1H3. The largest absolute Gasteiger partial charge is 0.314 e. The fraction of sp³-hybridized carbons (Fsp3) is 0.214. The van der Waals surface area contributed by atoms with Crippen molar-refractivity contribution in [1.82, 2.24) is 14.7 Å². The molecule has 104 valence electrons. The molecule has 0 saturated carbocycles. The highest BCUT2D eigenvalue weighted by atomic mass is 35.5. The van der Waals surface area contributed by atoms with Gasteiger partial charge in [-0.05, 0) is 18.7 Å². The zero-order valence-electron chi connectivity index (χ0n) is 11.0. The summed E-state index contributed by atoms with van der Waals surface area (Å²) in [6.45, 7) is 0.808. The first-order chi connectivity index (χ1) is 9.79. The lowest BCUT2D eigenvalue weighted by molar-refractivity contribution is 0.765. The molecule has 6 heteroatoms. The minimum absolute atomic E-state index is 0.808. The first-order valence-corrected chi connectivity index (χ1v) is 8.49. The number of halogens is 1. The normalized spacial score (nSPS) is 11.3. The number of thioether (sulfide) groups is 1. The van der Waals surface area contributed by atoms with Crippen molar-refractivity contribution < 1.29 is 0 Å². The Balaban J connectivity index is 1.85. The average Bonchev–Trinajstić information content (AvgIpc) is 3.01. The van der Waals surface area contributed by atoms with Crippen LogP contribution in [0.15, 0.2) is 40.9 Å². The fourth-order valence-electron chi connectivity index (χ4n) is 2.02. The SMILES string of the molecule is CNCc1c(SCc2ccccc2Cl)nc2sccn12. The molecule has 3 rings (SSSR count). The van der Waals surface area contributed by atoms with Crippen molar-refractivity contribution in [3.63, 3.8) is 0 Å². The van der Waals surface area contributed by atoms with Crippen molar-refractivity contribution in [3.05, 3.63) is 52.1 Å². The Morgan fingerprint density at radius 2 is 2.25 bits per heavy atom. The molecule has 0 saturated heterocycles. The van der Waals surface area contributed by atoms with Crippen LogP contribution in [0.2, 0.25) is 5.02 Å². The zero-order chi connectivity index (χ0) is 13.9. The van der Waals surface area contributed by atoms with Crippen LogP contribution in [0.1, 0.15) is 11.3 Å². The minimum atomic E-state index is 0.808. The van der Waals surface area contributed by atoms with Crippen molar-refractivity contribution in [2.45, 2.75) is 17.3 Å². The lowest BCUT2D eigenvalue weighted by Crippen LogP contribution is -2.08. The van der Waals surface area contributed by atoms with E-state index in [1.165, 1.54) is 5.69 Å². The summed E-state index contributed by atoms with van der Waals surface area (Å²) in [6.07, 6.45) is 2.07. The molecule has 0 bridgehead atoms. The fourth-order valence-corrected chi connectivity index (χ4v) is 4.12. The van der Waals surface area contributed by atoms with Crippen LogP contribution in [0.5, 0.6) is 0 Å². The number of rotatable bonds is 5. The molecular weight excluding hydrogens is 310 g/mol. The molecule has 0 unspecified atom stereocenters. The monoisotopic (exact) mass is 323 g/mol. The van der Waals surface area contributed by atoms with Gasteiger partial charge in [0.1, 0.15) is 5.03 Å². The summed E-state index contributed by atoms with van der Waals surface area (Å²) in [4.78, 5) is 5.74. The van der Waals surface area contributed by atoms with Crippen molar-refractivity contribution >= 4 is 39.7 Å². The number of nitrogens with one attached hydrogen (secondary N) is 1. The number of aromatic nitrogens is 2. The van der Waals surface area contributed by atoms with E-state index in [2.05, 4.69) is 27.4 Å². The Labute approximate surface area is 131 Å². The molecule has 0 spiro atoms. The molecule has 0 amide bonds. The zero-order valence-corrected chi connectivity index (χ0v) is 13.4. The minimum Gasteiger partial charge on any atom is -0.314 e. The Morgan fingerprint density at radius 3 is 3.05 bits per heavy atom. The number of fused-ring (bicyclic) bond motifs is 1. The van der Waals surface area contributed by atoms with Crippen LogP contribution in [0.4, 0.5) is 0 Å². The second kappa shape index (κ2) is 6.18. The first-order valence-electron chi connectivity index (χ1n) is 6.25. The van der Waals surface area contributed by atoms with Gasteiger partial charge in [0.2, 0.25) is 0 Å². The average molecular weight is 324 g/mol. The molecule has 1 N–H and O–H groups in total. The highest BCUT2D eigenvalue weighted by Gasteiger charge is 2.13. The summed E-state index contributed by atoms with van der Waals surface area (Å²) in [5.74, 6) is 0.835. The highest BCUT2D eigenvalue weighted by Crippen LogP contribution is 2.30. The predicted octanol–water partition coefficient (Wildman–Crippen LogP) is 4.06. The molecule has 0 aliphatic rings. The molecule has 2 aromatic heterocycles. The first kappa shape index (κ1) is 13.9. The van der Waals surface area contributed by atoms with Crippen LogP contribution in [0, 0.1) is 0 Å². The molecule has 1 aromatic carbocycles. The van der Waals surface area contributed by atoms with Crippen LogP contribution in [0.25, 0.3) is 4.96 Å². The third kappa shape index (κ3) is 2.72. The molecule has 0 atom stereocenters. The van der Waals surface area contributed by atoms with Gasteiger partial charge >= 0.3 is 0 Å².